The van der Waals surface area contributed by atoms with Gasteiger partial charge in [-0.15, -0.1) is 0 Å². The molecular formula is C24H26S2. The van der Waals surface area contributed by atoms with Gasteiger partial charge in [-0.05, 0) is 141 Å². The molecule has 0 saturated heterocycles. The minimum atomic E-state index is 0.851. The average Bonchev–Trinajstić information content (AvgIpc) is 2.57. The fourth-order valence-electron chi connectivity index (χ4n) is 18.9. The minimum absolute atomic E-state index is 0.851. The molecule has 2 heteroatoms. The highest BCUT2D eigenvalue weighted by Crippen LogP contribution is 3.33. The van der Waals surface area contributed by atoms with Crippen LogP contribution in [0.1, 0.15) is 25.7 Å². The number of rotatable bonds is 2. The first-order chi connectivity index (χ1) is 12.8. The lowest BCUT2D eigenvalue weighted by Gasteiger charge is -3.32. The zero-order valence-electron chi connectivity index (χ0n) is 15.1. The van der Waals surface area contributed by atoms with Crippen molar-refractivity contribution in [2.45, 2.75) is 25.7 Å². The van der Waals surface area contributed by atoms with E-state index < -0.39 is 0 Å². The summed E-state index contributed by atoms with van der Waals surface area (Å²) in [4.78, 5) is 0. The maximum absolute atomic E-state index is 5.14. The molecule has 0 aromatic carbocycles. The van der Waals surface area contributed by atoms with Crippen LogP contribution >= 0.6 is 25.3 Å². The molecule has 0 aromatic heterocycles. The Kier molecular flexibility index (Phi) is 1.21. The molecule has 0 amide bonds. The van der Waals surface area contributed by atoms with Gasteiger partial charge in [0.25, 0.3) is 0 Å². The summed E-state index contributed by atoms with van der Waals surface area (Å²) in [7, 11) is 0. The quantitative estimate of drug-likeness (QED) is 0.670. The van der Waals surface area contributed by atoms with Crippen molar-refractivity contribution in [3.63, 3.8) is 0 Å². The summed E-state index contributed by atoms with van der Waals surface area (Å²) < 4.78 is 0. The fourth-order valence-corrected chi connectivity index (χ4v) is 20.0. The molecule has 6 spiro atoms. The molecule has 134 valence electrons. The van der Waals surface area contributed by atoms with Crippen molar-refractivity contribution in [1.29, 1.82) is 0 Å². The first kappa shape index (κ1) is 12.4. The van der Waals surface area contributed by atoms with Crippen LogP contribution < -0.4 is 0 Å². The monoisotopic (exact) mass is 378 g/mol. The van der Waals surface area contributed by atoms with Crippen molar-refractivity contribution in [2.24, 2.45) is 104 Å². The third-order valence-corrected chi connectivity index (χ3v) is 17.4. The number of fused-ring (bicyclic) bond motifs is 5. The molecule has 0 heterocycles. The van der Waals surface area contributed by atoms with E-state index in [2.05, 4.69) is 0 Å². The Hall–Kier alpha value is 0.700. The van der Waals surface area contributed by atoms with Crippen LogP contribution in [0.15, 0.2) is 0 Å². The summed E-state index contributed by atoms with van der Waals surface area (Å²) in [6.45, 7) is 0. The molecule has 0 aromatic rings. The summed E-state index contributed by atoms with van der Waals surface area (Å²) in [5.74, 6) is 16.5. The van der Waals surface area contributed by atoms with Gasteiger partial charge in [-0.1, -0.05) is 0 Å². The lowest BCUT2D eigenvalue weighted by molar-refractivity contribution is -0.864. The van der Waals surface area contributed by atoms with Crippen LogP contribution in [0.5, 0.6) is 0 Å². The normalized spacial score (nSPS) is 99.0. The molecule has 14 unspecified atom stereocenters. The molecule has 13 fully saturated rings. The summed E-state index contributed by atoms with van der Waals surface area (Å²) in [6.07, 6.45) is 6.75. The van der Waals surface area contributed by atoms with E-state index in [0.29, 0.717) is 0 Å². The Morgan fingerprint density at radius 3 is 1.58 bits per heavy atom. The van der Waals surface area contributed by atoms with Crippen molar-refractivity contribution in [3.05, 3.63) is 0 Å². The first-order valence-corrected chi connectivity index (χ1v) is 13.3. The molecule has 13 saturated carbocycles. The van der Waals surface area contributed by atoms with Crippen LogP contribution in [0.2, 0.25) is 0 Å². The van der Waals surface area contributed by atoms with Gasteiger partial charge in [0.15, 0.2) is 0 Å². The van der Waals surface area contributed by atoms with E-state index in [9.17, 15) is 0 Å². The van der Waals surface area contributed by atoms with Crippen molar-refractivity contribution in [3.8, 4) is 0 Å². The van der Waals surface area contributed by atoms with Crippen LogP contribution in [0, 0.1) is 104 Å². The van der Waals surface area contributed by atoms with Gasteiger partial charge in [0.1, 0.15) is 0 Å². The van der Waals surface area contributed by atoms with Gasteiger partial charge in [-0.25, -0.2) is 0 Å². The van der Waals surface area contributed by atoms with Gasteiger partial charge in [0, 0.05) is 0 Å². The Morgan fingerprint density at radius 2 is 1.08 bits per heavy atom. The molecule has 26 heavy (non-hydrogen) atoms. The Bertz CT molecular complexity index is 927. The molecule has 2 bridgehead atoms. The van der Waals surface area contributed by atoms with Gasteiger partial charge >= 0.3 is 0 Å². The molecule has 13 aliphatic carbocycles. The second-order valence-corrected chi connectivity index (χ2v) is 14.4. The smallest absolute Gasteiger partial charge is 0.00522 e. The third-order valence-electron chi connectivity index (χ3n) is 16.6. The topological polar surface area (TPSA) is 0 Å². The highest BCUT2D eigenvalue weighted by molar-refractivity contribution is 7.80. The largest absolute Gasteiger partial charge is 0.179 e. The third kappa shape index (κ3) is 0.449. The van der Waals surface area contributed by atoms with Crippen molar-refractivity contribution in [2.75, 3.05) is 11.5 Å². The van der Waals surface area contributed by atoms with Crippen LogP contribution in [0.3, 0.4) is 0 Å². The Balaban J connectivity index is 1.29. The zero-order chi connectivity index (χ0) is 16.2. The SMILES string of the molecule is SCC1C2C3CC4C5CC6C7C8CC9C%10CC2C%102C98C78C56C34C28C1CS. The highest BCUT2D eigenvalue weighted by Gasteiger charge is 3.30. The predicted molar refractivity (Wildman–Crippen MR) is 103 cm³/mol. The van der Waals surface area contributed by atoms with E-state index in [0.717, 1.165) is 50.2 Å². The lowest BCUT2D eigenvalue weighted by Crippen LogP contribution is -3.30. The molecule has 0 aliphatic heterocycles. The number of thiol groups is 2. The second kappa shape index (κ2) is 2.53. The van der Waals surface area contributed by atoms with Gasteiger partial charge in [0.05, 0.1) is 0 Å². The summed E-state index contributed by atoms with van der Waals surface area (Å²) in [6, 6.07) is 0. The summed E-state index contributed by atoms with van der Waals surface area (Å²) in [5, 5.41) is 0. The predicted octanol–water partition coefficient (Wildman–Crippen LogP) is 3.88. The molecule has 13 aliphatic rings. The van der Waals surface area contributed by atoms with Crippen LogP contribution in [0.25, 0.3) is 0 Å². The van der Waals surface area contributed by atoms with Gasteiger partial charge in [0.2, 0.25) is 0 Å². The maximum atomic E-state index is 5.14. The molecular weight excluding hydrogens is 352 g/mol. The summed E-state index contributed by atoms with van der Waals surface area (Å²) >= 11 is 10.1. The van der Waals surface area contributed by atoms with Crippen LogP contribution in [0.4, 0.5) is 0 Å². The van der Waals surface area contributed by atoms with Crippen molar-refractivity contribution < 1.29 is 0 Å². The standard InChI is InChI=1S/C24H26S2/c25-5-7-16(6-26)23-19-8-1-12(19)17(7)13-2-9-11-4-15-18-14-3-10(8)21(14,19)24(18,23)22(11,15)20(9,13)23/h7-18,25-26H,1-6H2. The van der Waals surface area contributed by atoms with E-state index in [1.54, 1.807) is 25.7 Å². The first-order valence-electron chi connectivity index (χ1n) is 12.0. The second-order valence-electron chi connectivity index (χ2n) is 13.6. The zero-order valence-corrected chi connectivity index (χ0v) is 16.9. The Labute approximate surface area is 165 Å². The lowest BCUT2D eigenvalue weighted by atomic mass is 8.71. The maximum Gasteiger partial charge on any atom is -0.00522 e. The highest BCUT2D eigenvalue weighted by atomic mass is 32.1. The molecule has 13 rings (SSSR count). The van der Waals surface area contributed by atoms with E-state index >= 15 is 0 Å². The van der Waals surface area contributed by atoms with Crippen LogP contribution in [-0.2, 0) is 0 Å². The number of hydrogen-bond acceptors (Lipinski definition) is 2. The van der Waals surface area contributed by atoms with E-state index in [1.807, 2.05) is 0 Å². The van der Waals surface area contributed by atoms with Gasteiger partial charge in [-0.3, -0.25) is 0 Å². The average molecular weight is 379 g/mol. The van der Waals surface area contributed by atoms with Gasteiger partial charge in [-0.2, -0.15) is 25.3 Å². The van der Waals surface area contributed by atoms with E-state index in [-0.39, 0.29) is 0 Å². The van der Waals surface area contributed by atoms with Crippen molar-refractivity contribution in [1.82, 2.24) is 0 Å². The summed E-state index contributed by atoms with van der Waals surface area (Å²) in [5.41, 5.74) is 5.60. The molecule has 14 atom stereocenters. The fraction of sp³-hybridized carbons (Fsp3) is 1.00. The van der Waals surface area contributed by atoms with E-state index in [4.69, 9.17) is 25.3 Å². The minimum Gasteiger partial charge on any atom is -0.179 e. The van der Waals surface area contributed by atoms with Gasteiger partial charge < -0.3 is 0 Å². The number of hydrogen-bond donors (Lipinski definition) is 2. The molecule has 0 radical (unpaired) electrons. The molecule has 0 N–H and O–H groups in total. The molecule has 0 nitrogen and oxygen atoms in total. The van der Waals surface area contributed by atoms with E-state index in [1.165, 1.54) is 64.8 Å². The van der Waals surface area contributed by atoms with Crippen LogP contribution in [-0.4, -0.2) is 11.5 Å². The Morgan fingerprint density at radius 1 is 0.577 bits per heavy atom. The van der Waals surface area contributed by atoms with Crippen molar-refractivity contribution >= 4 is 25.3 Å².